The van der Waals surface area contributed by atoms with Gasteiger partial charge in [0.2, 0.25) is 0 Å². The fourth-order valence-electron chi connectivity index (χ4n) is 8.01. The van der Waals surface area contributed by atoms with Crippen LogP contribution in [0.15, 0.2) is 0 Å². The molecule has 12 atom stereocenters. The minimum Gasteiger partial charge on any atom is -0.374 e. The molecule has 2 heteroatoms. The minimum atomic E-state index is 0.688. The first-order chi connectivity index (χ1) is 8.90. The van der Waals surface area contributed by atoms with E-state index >= 15 is 0 Å². The van der Waals surface area contributed by atoms with Crippen LogP contribution in [0.25, 0.3) is 0 Å². The Morgan fingerprint density at radius 3 is 2.39 bits per heavy atom. The molecule has 0 aromatic rings. The van der Waals surface area contributed by atoms with Crippen LogP contribution in [0, 0.1) is 47.3 Å². The summed E-state index contributed by atoms with van der Waals surface area (Å²) in [6.07, 6.45) is 8.86. The van der Waals surface area contributed by atoms with E-state index in [1.165, 1.54) is 19.3 Å². The maximum Gasteiger partial charge on any atom is 0.0875 e. The fourth-order valence-corrected chi connectivity index (χ4v) is 8.01. The van der Waals surface area contributed by atoms with Gasteiger partial charge in [-0.15, -0.1) is 0 Å². The monoisotopic (exact) mass is 244 g/mol. The number of hydrogen-bond donors (Lipinski definition) is 0. The van der Waals surface area contributed by atoms with Crippen molar-refractivity contribution in [2.75, 3.05) is 0 Å². The summed E-state index contributed by atoms with van der Waals surface area (Å²) in [4.78, 5) is 0. The molecule has 96 valence electrons. The lowest BCUT2D eigenvalue weighted by Crippen LogP contribution is -2.49. The van der Waals surface area contributed by atoms with Gasteiger partial charge in [0.05, 0.1) is 24.4 Å². The summed E-state index contributed by atoms with van der Waals surface area (Å²) in [6.45, 7) is 0. The van der Waals surface area contributed by atoms with Crippen molar-refractivity contribution in [3.05, 3.63) is 0 Å². The molecule has 6 bridgehead atoms. The second kappa shape index (κ2) is 2.44. The van der Waals surface area contributed by atoms with Crippen molar-refractivity contribution in [2.24, 2.45) is 47.3 Å². The van der Waals surface area contributed by atoms with Gasteiger partial charge in [-0.3, -0.25) is 0 Å². The first-order valence-electron chi connectivity index (χ1n) is 8.21. The SMILES string of the molecule is C1C2CC3C4CC(C5OC45)C3C2C2CC3OC2C13. The Labute approximate surface area is 107 Å². The second-order valence-corrected chi connectivity index (χ2v) is 8.38. The lowest BCUT2D eigenvalue weighted by Gasteiger charge is -2.46. The summed E-state index contributed by atoms with van der Waals surface area (Å²) in [5, 5.41) is 0. The molecule has 5 aliphatic carbocycles. The number of ether oxygens (including phenoxy) is 2. The van der Waals surface area contributed by atoms with E-state index in [0.29, 0.717) is 18.3 Å². The average molecular weight is 244 g/mol. The summed E-state index contributed by atoms with van der Waals surface area (Å²) >= 11 is 0. The van der Waals surface area contributed by atoms with Gasteiger partial charge in [0.15, 0.2) is 0 Å². The van der Waals surface area contributed by atoms with E-state index in [4.69, 9.17) is 9.47 Å². The van der Waals surface area contributed by atoms with Gasteiger partial charge in [-0.2, -0.15) is 0 Å². The zero-order valence-electron chi connectivity index (χ0n) is 10.6. The summed E-state index contributed by atoms with van der Waals surface area (Å²) in [7, 11) is 0. The summed E-state index contributed by atoms with van der Waals surface area (Å²) < 4.78 is 12.0. The summed E-state index contributed by atoms with van der Waals surface area (Å²) in [5.41, 5.74) is 0. The fraction of sp³-hybridized carbons (Fsp3) is 1.00. The topological polar surface area (TPSA) is 21.8 Å². The molecule has 8 fully saturated rings. The molecule has 8 rings (SSSR count). The lowest BCUT2D eigenvalue weighted by molar-refractivity contribution is -0.170. The molecule has 18 heavy (non-hydrogen) atoms. The van der Waals surface area contributed by atoms with Crippen LogP contribution < -0.4 is 0 Å². The quantitative estimate of drug-likeness (QED) is 0.609. The number of rotatable bonds is 0. The predicted molar refractivity (Wildman–Crippen MR) is 63.7 cm³/mol. The molecule has 3 aliphatic heterocycles. The van der Waals surface area contributed by atoms with E-state index in [0.717, 1.165) is 53.4 Å². The Hall–Kier alpha value is -0.0800. The molecule has 0 radical (unpaired) electrons. The highest BCUT2D eigenvalue weighted by Gasteiger charge is 2.74. The van der Waals surface area contributed by atoms with E-state index in [-0.39, 0.29) is 0 Å². The van der Waals surface area contributed by atoms with Crippen LogP contribution >= 0.6 is 0 Å². The number of epoxide rings is 1. The molecule has 3 heterocycles. The van der Waals surface area contributed by atoms with E-state index in [2.05, 4.69) is 0 Å². The Morgan fingerprint density at radius 1 is 0.556 bits per heavy atom. The Bertz CT molecular complexity index is 462. The third kappa shape index (κ3) is 0.725. The first-order valence-corrected chi connectivity index (χ1v) is 8.21. The molecule has 5 saturated carbocycles. The van der Waals surface area contributed by atoms with Gasteiger partial charge in [0.1, 0.15) is 0 Å². The van der Waals surface area contributed by atoms with E-state index in [1.54, 1.807) is 6.42 Å². The second-order valence-electron chi connectivity index (χ2n) is 8.38. The van der Waals surface area contributed by atoms with Crippen LogP contribution in [0.1, 0.15) is 25.7 Å². The molecule has 0 spiro atoms. The Kier molecular flexibility index (Phi) is 1.22. The third-order valence-electron chi connectivity index (χ3n) is 8.28. The van der Waals surface area contributed by atoms with Gasteiger partial charge in [-0.05, 0) is 67.1 Å². The molecule has 0 amide bonds. The lowest BCUT2D eigenvalue weighted by atomic mass is 9.66. The predicted octanol–water partition coefficient (Wildman–Crippen LogP) is 2.08. The smallest absolute Gasteiger partial charge is 0.0875 e. The molecular weight excluding hydrogens is 224 g/mol. The molecule has 8 aliphatic rings. The molecule has 2 nitrogen and oxygen atoms in total. The van der Waals surface area contributed by atoms with Gasteiger partial charge < -0.3 is 9.47 Å². The average Bonchev–Trinajstić information content (AvgIpc) is 2.78. The standard InChI is InChI=1S/C16H20O2/c1-5-2-8-11-4-10(14(8)17-11)12(5)13-6(1)7-3-9(13)16-15(7)18-16/h5-16H,1-4H2. The molecule has 0 aromatic carbocycles. The first kappa shape index (κ1) is 8.97. The molecule has 0 N–H and O–H groups in total. The van der Waals surface area contributed by atoms with Gasteiger partial charge in [-0.25, -0.2) is 0 Å². The highest BCUT2D eigenvalue weighted by molar-refractivity contribution is 5.22. The van der Waals surface area contributed by atoms with Crippen molar-refractivity contribution in [3.63, 3.8) is 0 Å². The molecule has 12 unspecified atom stereocenters. The zero-order valence-corrected chi connectivity index (χ0v) is 10.6. The summed E-state index contributed by atoms with van der Waals surface area (Å²) in [5.74, 6) is 8.14. The van der Waals surface area contributed by atoms with Crippen LogP contribution in [0.2, 0.25) is 0 Å². The van der Waals surface area contributed by atoms with Gasteiger partial charge >= 0.3 is 0 Å². The van der Waals surface area contributed by atoms with Crippen molar-refractivity contribution in [1.29, 1.82) is 0 Å². The van der Waals surface area contributed by atoms with Crippen LogP contribution in [-0.2, 0) is 9.47 Å². The van der Waals surface area contributed by atoms with Crippen LogP contribution in [0.4, 0.5) is 0 Å². The van der Waals surface area contributed by atoms with Crippen molar-refractivity contribution < 1.29 is 9.47 Å². The normalized spacial score (nSPS) is 80.0. The Morgan fingerprint density at radius 2 is 1.39 bits per heavy atom. The van der Waals surface area contributed by atoms with Gasteiger partial charge in [0.25, 0.3) is 0 Å². The molecule has 3 saturated heterocycles. The molecule has 0 aromatic heterocycles. The van der Waals surface area contributed by atoms with Gasteiger partial charge in [0, 0.05) is 5.92 Å². The highest BCUT2D eigenvalue weighted by Crippen LogP contribution is 2.73. The largest absolute Gasteiger partial charge is 0.374 e. The Balaban J connectivity index is 1.35. The molecular formula is C16H20O2. The van der Waals surface area contributed by atoms with Crippen LogP contribution in [0.5, 0.6) is 0 Å². The zero-order chi connectivity index (χ0) is 11.2. The third-order valence-corrected chi connectivity index (χ3v) is 8.28. The number of fused-ring (bicyclic) bond motifs is 10. The van der Waals surface area contributed by atoms with Crippen LogP contribution in [0.3, 0.4) is 0 Å². The van der Waals surface area contributed by atoms with E-state index < -0.39 is 0 Å². The summed E-state index contributed by atoms with van der Waals surface area (Å²) in [6, 6.07) is 0. The maximum atomic E-state index is 6.06. The van der Waals surface area contributed by atoms with Crippen molar-refractivity contribution in [2.45, 2.75) is 50.1 Å². The van der Waals surface area contributed by atoms with Crippen molar-refractivity contribution in [3.8, 4) is 0 Å². The van der Waals surface area contributed by atoms with Crippen LogP contribution in [-0.4, -0.2) is 24.4 Å². The van der Waals surface area contributed by atoms with Crippen molar-refractivity contribution in [1.82, 2.24) is 0 Å². The highest BCUT2D eigenvalue weighted by atomic mass is 16.6. The van der Waals surface area contributed by atoms with Gasteiger partial charge in [-0.1, -0.05) is 0 Å². The van der Waals surface area contributed by atoms with E-state index in [9.17, 15) is 0 Å². The minimum absolute atomic E-state index is 0.688. The number of hydrogen-bond acceptors (Lipinski definition) is 2. The maximum absolute atomic E-state index is 6.06. The van der Waals surface area contributed by atoms with Crippen molar-refractivity contribution >= 4 is 0 Å². The van der Waals surface area contributed by atoms with E-state index in [1.807, 2.05) is 0 Å².